The molecule has 0 radical (unpaired) electrons. The number of sulfonamides is 1. The Labute approximate surface area is 144 Å². The third kappa shape index (κ3) is 5.20. The van der Waals surface area contributed by atoms with Crippen LogP contribution in [0.2, 0.25) is 0 Å². The first-order valence-electron chi connectivity index (χ1n) is 7.46. The van der Waals surface area contributed by atoms with E-state index in [-0.39, 0.29) is 13.2 Å². The number of benzene rings is 2. The Hall–Kier alpha value is -2.06. The van der Waals surface area contributed by atoms with Gasteiger partial charge in [-0.3, -0.25) is 0 Å². The van der Waals surface area contributed by atoms with Crippen molar-refractivity contribution in [1.29, 1.82) is 0 Å². The first-order chi connectivity index (χ1) is 11.6. The molecule has 0 saturated carbocycles. The lowest BCUT2D eigenvalue weighted by molar-refractivity contribution is -0.139. The second-order valence-corrected chi connectivity index (χ2v) is 7.30. The second kappa shape index (κ2) is 7.45. The van der Waals surface area contributed by atoms with Crippen LogP contribution in [0.25, 0.3) is 0 Å². The summed E-state index contributed by atoms with van der Waals surface area (Å²) in [5, 5.41) is 0. The summed E-state index contributed by atoms with van der Waals surface area (Å²) < 4.78 is 70.7. The summed E-state index contributed by atoms with van der Waals surface area (Å²) in [6, 6.07) is 9.60. The number of hydrogen-bond acceptors (Lipinski definition) is 3. The number of alkyl halides is 3. The highest BCUT2D eigenvalue weighted by molar-refractivity contribution is 7.89. The molecule has 0 aromatic heterocycles. The molecule has 0 bridgehead atoms. The van der Waals surface area contributed by atoms with E-state index in [9.17, 15) is 21.6 Å². The summed E-state index contributed by atoms with van der Waals surface area (Å²) in [5.41, 5.74) is 0.794. The predicted molar refractivity (Wildman–Crippen MR) is 88.0 cm³/mol. The zero-order valence-electron chi connectivity index (χ0n) is 13.7. The van der Waals surface area contributed by atoms with Gasteiger partial charge in [0.25, 0.3) is 0 Å². The average molecular weight is 373 g/mol. The van der Waals surface area contributed by atoms with E-state index >= 15 is 0 Å². The summed E-state index contributed by atoms with van der Waals surface area (Å²) in [7, 11) is -4.29. The van der Waals surface area contributed by atoms with E-state index in [2.05, 4.69) is 4.72 Å². The van der Waals surface area contributed by atoms with Gasteiger partial charge in [-0.2, -0.15) is 13.2 Å². The topological polar surface area (TPSA) is 55.4 Å². The Balaban J connectivity index is 2.03. The molecule has 0 unspecified atom stereocenters. The van der Waals surface area contributed by atoms with Crippen LogP contribution < -0.4 is 9.46 Å². The molecule has 0 spiro atoms. The molecule has 0 saturated heterocycles. The second-order valence-electron chi connectivity index (χ2n) is 5.56. The minimum absolute atomic E-state index is 0.00366. The maximum atomic E-state index is 12.9. The molecule has 1 N–H and O–H groups in total. The van der Waals surface area contributed by atoms with Gasteiger partial charge in [0, 0.05) is 6.54 Å². The smallest absolute Gasteiger partial charge is 0.417 e. The molecule has 136 valence electrons. The summed E-state index contributed by atoms with van der Waals surface area (Å²) in [4.78, 5) is -0.797. The Morgan fingerprint density at radius 1 is 1.04 bits per heavy atom. The van der Waals surface area contributed by atoms with Gasteiger partial charge in [0.1, 0.15) is 12.4 Å². The van der Waals surface area contributed by atoms with Crippen molar-refractivity contribution >= 4 is 10.0 Å². The van der Waals surface area contributed by atoms with Gasteiger partial charge in [-0.25, -0.2) is 13.1 Å². The van der Waals surface area contributed by atoms with Crippen LogP contribution in [0.4, 0.5) is 13.2 Å². The number of ether oxygens (including phenoxy) is 1. The molecule has 8 heteroatoms. The number of aryl methyl sites for hydroxylation is 2. The predicted octanol–water partition coefficient (Wildman–Crippen LogP) is 3.68. The quantitative estimate of drug-likeness (QED) is 0.786. The molecular formula is C17H18F3NO3S. The highest BCUT2D eigenvalue weighted by Crippen LogP contribution is 2.33. The Morgan fingerprint density at radius 3 is 2.24 bits per heavy atom. The monoisotopic (exact) mass is 373 g/mol. The molecule has 2 aromatic carbocycles. The summed E-state index contributed by atoms with van der Waals surface area (Å²) in [6.07, 6.45) is -4.75. The first-order valence-corrected chi connectivity index (χ1v) is 8.95. The molecule has 4 nitrogen and oxygen atoms in total. The molecule has 2 rings (SSSR count). The van der Waals surface area contributed by atoms with Crippen LogP contribution in [0.1, 0.15) is 16.7 Å². The van der Waals surface area contributed by atoms with E-state index in [1.165, 1.54) is 6.07 Å². The van der Waals surface area contributed by atoms with Crippen molar-refractivity contribution in [1.82, 2.24) is 4.72 Å². The molecule has 0 aliphatic heterocycles. The lowest BCUT2D eigenvalue weighted by atomic mass is 10.1. The third-order valence-electron chi connectivity index (χ3n) is 3.34. The maximum absolute atomic E-state index is 12.9. The van der Waals surface area contributed by atoms with Crippen LogP contribution in [0.5, 0.6) is 5.75 Å². The van der Waals surface area contributed by atoms with Crippen LogP contribution in [0.3, 0.4) is 0 Å². The zero-order chi connectivity index (χ0) is 18.7. The highest BCUT2D eigenvalue weighted by atomic mass is 32.2. The van der Waals surface area contributed by atoms with Gasteiger partial charge in [-0.15, -0.1) is 0 Å². The van der Waals surface area contributed by atoms with Crippen molar-refractivity contribution < 1.29 is 26.3 Å². The normalized spacial score (nSPS) is 12.2. The molecule has 0 aliphatic rings. The van der Waals surface area contributed by atoms with Crippen LogP contribution in [-0.4, -0.2) is 21.6 Å². The van der Waals surface area contributed by atoms with E-state index in [1.54, 1.807) is 12.1 Å². The van der Waals surface area contributed by atoms with Crippen LogP contribution in [-0.2, 0) is 16.2 Å². The Bertz CT molecular complexity index is 828. The molecule has 0 amide bonds. The molecular weight excluding hydrogens is 355 g/mol. The van der Waals surface area contributed by atoms with E-state index in [0.29, 0.717) is 5.75 Å². The van der Waals surface area contributed by atoms with Gasteiger partial charge < -0.3 is 4.74 Å². The number of rotatable bonds is 6. The molecule has 25 heavy (non-hydrogen) atoms. The molecule has 0 heterocycles. The minimum atomic E-state index is -4.75. The Kier molecular flexibility index (Phi) is 5.74. The fourth-order valence-electron chi connectivity index (χ4n) is 2.37. The summed E-state index contributed by atoms with van der Waals surface area (Å²) in [6.45, 7) is 3.64. The lowest BCUT2D eigenvalue weighted by Crippen LogP contribution is -2.30. The zero-order valence-corrected chi connectivity index (χ0v) is 14.5. The third-order valence-corrected chi connectivity index (χ3v) is 4.86. The highest BCUT2D eigenvalue weighted by Gasteiger charge is 2.36. The van der Waals surface area contributed by atoms with E-state index < -0.39 is 26.7 Å². The maximum Gasteiger partial charge on any atom is 0.417 e. The van der Waals surface area contributed by atoms with Crippen molar-refractivity contribution in [2.24, 2.45) is 0 Å². The van der Waals surface area contributed by atoms with Gasteiger partial charge in [0.15, 0.2) is 0 Å². The van der Waals surface area contributed by atoms with Crippen molar-refractivity contribution in [3.8, 4) is 5.75 Å². The van der Waals surface area contributed by atoms with Gasteiger partial charge in [-0.1, -0.05) is 18.2 Å². The van der Waals surface area contributed by atoms with Gasteiger partial charge in [-0.05, 0) is 49.2 Å². The average Bonchev–Trinajstić information content (AvgIpc) is 2.50. The molecule has 2 aromatic rings. The first kappa shape index (κ1) is 19.3. The fourth-order valence-corrected chi connectivity index (χ4v) is 3.61. The molecule has 0 aliphatic carbocycles. The van der Waals surface area contributed by atoms with Crippen LogP contribution >= 0.6 is 0 Å². The van der Waals surface area contributed by atoms with Crippen molar-refractivity contribution in [2.75, 3.05) is 13.2 Å². The molecule has 0 atom stereocenters. The molecule has 0 fully saturated rings. The van der Waals surface area contributed by atoms with E-state index in [1.807, 2.05) is 19.9 Å². The van der Waals surface area contributed by atoms with Crippen LogP contribution in [0, 0.1) is 13.8 Å². The van der Waals surface area contributed by atoms with E-state index in [4.69, 9.17) is 4.74 Å². The van der Waals surface area contributed by atoms with Crippen molar-refractivity contribution in [3.63, 3.8) is 0 Å². The standard InChI is InChI=1S/C17H18F3NO3S/c1-12-9-13(2)11-14(10-12)24-8-7-21-25(22,23)16-6-4-3-5-15(16)17(18,19)20/h3-6,9-11,21H,7-8H2,1-2H3. The van der Waals surface area contributed by atoms with Gasteiger partial charge in [0.2, 0.25) is 10.0 Å². The van der Waals surface area contributed by atoms with Crippen LogP contribution in [0.15, 0.2) is 47.4 Å². The number of hydrogen-bond donors (Lipinski definition) is 1. The summed E-state index contributed by atoms with van der Waals surface area (Å²) >= 11 is 0. The lowest BCUT2D eigenvalue weighted by Gasteiger charge is -2.14. The van der Waals surface area contributed by atoms with Gasteiger partial charge >= 0.3 is 6.18 Å². The van der Waals surface area contributed by atoms with Crippen molar-refractivity contribution in [2.45, 2.75) is 24.9 Å². The summed E-state index contributed by atoms with van der Waals surface area (Å²) in [5.74, 6) is 0.576. The van der Waals surface area contributed by atoms with E-state index in [0.717, 1.165) is 29.3 Å². The number of halogens is 3. The van der Waals surface area contributed by atoms with Gasteiger partial charge in [0.05, 0.1) is 10.5 Å². The van der Waals surface area contributed by atoms with Crippen molar-refractivity contribution in [3.05, 3.63) is 59.2 Å². The Morgan fingerprint density at radius 2 is 1.64 bits per heavy atom. The number of nitrogens with one attached hydrogen (secondary N) is 1. The fraction of sp³-hybridized carbons (Fsp3) is 0.294. The minimum Gasteiger partial charge on any atom is -0.492 e. The largest absolute Gasteiger partial charge is 0.492 e. The SMILES string of the molecule is Cc1cc(C)cc(OCCNS(=O)(=O)c2ccccc2C(F)(F)F)c1.